The number of carbonyl (C=O) groups excluding carboxylic acids is 1. The van der Waals surface area contributed by atoms with E-state index in [9.17, 15) is 4.79 Å². The van der Waals surface area contributed by atoms with Crippen LogP contribution in [0, 0.1) is 6.92 Å². The second kappa shape index (κ2) is 6.91. The van der Waals surface area contributed by atoms with Crippen LogP contribution in [0.5, 0.6) is 5.75 Å². The minimum Gasteiger partial charge on any atom is -0.493 e. The van der Waals surface area contributed by atoms with Crippen LogP contribution in [0.25, 0.3) is 0 Å². The molecule has 2 rings (SSSR count). The molecule has 0 aliphatic carbocycles. The minimum absolute atomic E-state index is 0.0398. The first-order chi connectivity index (χ1) is 10.7. The van der Waals surface area contributed by atoms with Crippen molar-refractivity contribution in [3.05, 3.63) is 29.8 Å². The third-order valence-corrected chi connectivity index (χ3v) is 4.17. The van der Waals surface area contributed by atoms with E-state index in [1.54, 1.807) is 0 Å². The van der Waals surface area contributed by atoms with Gasteiger partial charge < -0.3 is 15.4 Å². The number of hydrogen-bond donors (Lipinski definition) is 2. The van der Waals surface area contributed by atoms with Gasteiger partial charge in [0.1, 0.15) is 5.75 Å². The van der Waals surface area contributed by atoms with Gasteiger partial charge in [-0.05, 0) is 59.6 Å². The maximum Gasteiger partial charge on any atom is 0.223 e. The summed E-state index contributed by atoms with van der Waals surface area (Å²) in [5.74, 6) is 0.878. The van der Waals surface area contributed by atoms with Crippen LogP contribution in [0.2, 0.25) is 0 Å². The highest BCUT2D eigenvalue weighted by Gasteiger charge is 2.38. The highest BCUT2D eigenvalue weighted by atomic mass is 16.5. The average molecular weight is 318 g/mol. The summed E-state index contributed by atoms with van der Waals surface area (Å²) in [5, 5.41) is 6.79. The molecule has 0 spiro atoms. The smallest absolute Gasteiger partial charge is 0.223 e. The van der Waals surface area contributed by atoms with Gasteiger partial charge in [-0.3, -0.25) is 4.79 Å². The zero-order valence-electron chi connectivity index (χ0n) is 15.0. The Labute approximate surface area is 140 Å². The number of benzene rings is 1. The average Bonchev–Trinajstić information content (AvgIpc) is 2.37. The summed E-state index contributed by atoms with van der Waals surface area (Å²) in [5.41, 5.74) is 1.28. The molecule has 1 heterocycles. The predicted octanol–water partition coefficient (Wildman–Crippen LogP) is 3.19. The third kappa shape index (κ3) is 5.87. The van der Waals surface area contributed by atoms with Gasteiger partial charge in [-0.2, -0.15) is 0 Å². The normalized spacial score (nSPS) is 20.0. The van der Waals surface area contributed by atoms with Crippen molar-refractivity contribution in [2.75, 3.05) is 6.61 Å². The Hall–Kier alpha value is -1.55. The van der Waals surface area contributed by atoms with Gasteiger partial charge in [0.2, 0.25) is 5.91 Å². The van der Waals surface area contributed by atoms with Gasteiger partial charge in [-0.1, -0.05) is 17.7 Å². The quantitative estimate of drug-likeness (QED) is 0.876. The number of ether oxygens (including phenoxy) is 1. The monoisotopic (exact) mass is 318 g/mol. The third-order valence-electron chi connectivity index (χ3n) is 4.17. The predicted molar refractivity (Wildman–Crippen MR) is 93.7 cm³/mol. The van der Waals surface area contributed by atoms with E-state index in [0.717, 1.165) is 18.6 Å². The molecule has 1 saturated heterocycles. The minimum atomic E-state index is 0.0398. The molecular weight excluding hydrogens is 288 g/mol. The summed E-state index contributed by atoms with van der Waals surface area (Å²) in [6.07, 6.45) is 2.28. The Kier molecular flexibility index (Phi) is 5.35. The molecular formula is C19H30N2O2. The van der Waals surface area contributed by atoms with Crippen molar-refractivity contribution in [3.63, 3.8) is 0 Å². The number of amides is 1. The summed E-state index contributed by atoms with van der Waals surface area (Å²) in [6.45, 7) is 11.2. The molecule has 1 aromatic carbocycles. The van der Waals surface area contributed by atoms with Gasteiger partial charge in [0.05, 0.1) is 13.0 Å². The molecule has 0 aromatic heterocycles. The number of piperidine rings is 1. The number of rotatable bonds is 5. The van der Waals surface area contributed by atoms with Crippen molar-refractivity contribution in [1.82, 2.24) is 10.6 Å². The van der Waals surface area contributed by atoms with E-state index >= 15 is 0 Å². The topological polar surface area (TPSA) is 50.4 Å². The van der Waals surface area contributed by atoms with Crippen molar-refractivity contribution < 1.29 is 9.53 Å². The van der Waals surface area contributed by atoms with Crippen LogP contribution in [0.15, 0.2) is 24.3 Å². The summed E-state index contributed by atoms with van der Waals surface area (Å²) >= 11 is 0. The Morgan fingerprint density at radius 1 is 1.17 bits per heavy atom. The highest BCUT2D eigenvalue weighted by Crippen LogP contribution is 2.28. The van der Waals surface area contributed by atoms with Gasteiger partial charge in [0.25, 0.3) is 0 Å². The van der Waals surface area contributed by atoms with Gasteiger partial charge >= 0.3 is 0 Å². The van der Waals surface area contributed by atoms with Crippen LogP contribution in [0.1, 0.15) is 52.5 Å². The fourth-order valence-corrected chi connectivity index (χ4v) is 3.62. The van der Waals surface area contributed by atoms with Crippen LogP contribution in [-0.2, 0) is 4.79 Å². The molecule has 23 heavy (non-hydrogen) atoms. The van der Waals surface area contributed by atoms with Crippen LogP contribution >= 0.6 is 0 Å². The molecule has 4 heteroatoms. The lowest BCUT2D eigenvalue weighted by Crippen LogP contribution is -2.62. The molecule has 0 unspecified atom stereocenters. The van der Waals surface area contributed by atoms with Gasteiger partial charge in [-0.15, -0.1) is 0 Å². The van der Waals surface area contributed by atoms with Crippen molar-refractivity contribution in [2.24, 2.45) is 0 Å². The van der Waals surface area contributed by atoms with E-state index in [2.05, 4.69) is 38.3 Å². The molecule has 2 N–H and O–H groups in total. The summed E-state index contributed by atoms with van der Waals surface area (Å²) < 4.78 is 5.63. The molecule has 4 nitrogen and oxygen atoms in total. The lowest BCUT2D eigenvalue weighted by Gasteiger charge is -2.46. The van der Waals surface area contributed by atoms with Crippen molar-refractivity contribution in [3.8, 4) is 5.75 Å². The fraction of sp³-hybridized carbons (Fsp3) is 0.632. The number of aryl methyl sites for hydroxylation is 1. The Morgan fingerprint density at radius 2 is 1.74 bits per heavy atom. The van der Waals surface area contributed by atoms with E-state index < -0.39 is 0 Å². The molecule has 1 fully saturated rings. The van der Waals surface area contributed by atoms with Crippen LogP contribution in [0.4, 0.5) is 0 Å². The van der Waals surface area contributed by atoms with E-state index in [4.69, 9.17) is 4.74 Å². The molecule has 1 aliphatic rings. The molecule has 1 aromatic rings. The highest BCUT2D eigenvalue weighted by molar-refractivity contribution is 5.76. The summed E-state index contributed by atoms with van der Waals surface area (Å²) in [4.78, 5) is 12.2. The first-order valence-corrected chi connectivity index (χ1v) is 8.43. The molecule has 128 valence electrons. The van der Waals surface area contributed by atoms with Gasteiger partial charge in [0.15, 0.2) is 0 Å². The Balaban J connectivity index is 1.77. The molecule has 1 amide bonds. The van der Waals surface area contributed by atoms with Crippen LogP contribution in [0.3, 0.4) is 0 Å². The number of carbonyl (C=O) groups is 1. The Morgan fingerprint density at radius 3 is 2.30 bits per heavy atom. The standard InChI is InChI=1S/C19H30N2O2/c1-14-6-8-16(9-7-14)23-11-10-17(22)20-15-12-18(2,3)21-19(4,5)13-15/h6-9,15,21H,10-13H2,1-5H3,(H,20,22). The summed E-state index contributed by atoms with van der Waals surface area (Å²) in [6, 6.07) is 8.10. The largest absolute Gasteiger partial charge is 0.493 e. The molecule has 0 bridgehead atoms. The molecule has 0 saturated carbocycles. The van der Waals surface area contributed by atoms with Crippen LogP contribution < -0.4 is 15.4 Å². The van der Waals surface area contributed by atoms with E-state index in [1.165, 1.54) is 5.56 Å². The first kappa shape index (κ1) is 17.8. The summed E-state index contributed by atoms with van der Waals surface area (Å²) in [7, 11) is 0. The molecule has 0 radical (unpaired) electrons. The van der Waals surface area contributed by atoms with E-state index in [0.29, 0.717) is 13.0 Å². The lowest BCUT2D eigenvalue weighted by atomic mass is 9.79. The van der Waals surface area contributed by atoms with Crippen LogP contribution in [-0.4, -0.2) is 29.6 Å². The zero-order chi connectivity index (χ0) is 17.1. The maximum atomic E-state index is 12.2. The van der Waals surface area contributed by atoms with E-state index in [-0.39, 0.29) is 23.0 Å². The number of hydrogen-bond acceptors (Lipinski definition) is 3. The van der Waals surface area contributed by atoms with E-state index in [1.807, 2.05) is 31.2 Å². The SMILES string of the molecule is Cc1ccc(OCCC(=O)NC2CC(C)(C)NC(C)(C)C2)cc1. The first-order valence-electron chi connectivity index (χ1n) is 8.43. The molecule has 1 aliphatic heterocycles. The fourth-order valence-electron chi connectivity index (χ4n) is 3.62. The van der Waals surface area contributed by atoms with Crippen molar-refractivity contribution >= 4 is 5.91 Å². The maximum absolute atomic E-state index is 12.2. The van der Waals surface area contributed by atoms with Gasteiger partial charge in [0, 0.05) is 17.1 Å². The second-order valence-corrected chi connectivity index (χ2v) is 7.98. The van der Waals surface area contributed by atoms with Crippen molar-refractivity contribution in [1.29, 1.82) is 0 Å². The number of nitrogens with one attached hydrogen (secondary N) is 2. The Bertz CT molecular complexity index is 519. The lowest BCUT2D eigenvalue weighted by molar-refractivity contribution is -0.122. The van der Waals surface area contributed by atoms with Gasteiger partial charge in [-0.25, -0.2) is 0 Å². The van der Waals surface area contributed by atoms with Crippen molar-refractivity contribution in [2.45, 2.75) is 71.0 Å². The second-order valence-electron chi connectivity index (χ2n) is 7.98. The molecule has 0 atom stereocenters. The zero-order valence-corrected chi connectivity index (χ0v) is 15.0.